The summed E-state index contributed by atoms with van der Waals surface area (Å²) in [6.07, 6.45) is 0.555. The SMILES string of the molecule is I.O=[N+]([O-])c1ccc(CN=C(NCc2cccs2)NC2CCS(=O)(=O)C2)cc1. The second-order valence-electron chi connectivity index (χ2n) is 6.27. The van der Waals surface area contributed by atoms with Crippen LogP contribution in [-0.4, -0.2) is 36.8 Å². The van der Waals surface area contributed by atoms with Crippen molar-refractivity contribution in [1.29, 1.82) is 0 Å². The minimum absolute atomic E-state index is 0. The quantitative estimate of drug-likeness (QED) is 0.193. The molecule has 0 radical (unpaired) electrons. The number of thiophene rings is 1. The number of non-ortho nitro benzene ring substituents is 1. The Morgan fingerprint density at radius 3 is 2.61 bits per heavy atom. The first-order valence-corrected chi connectivity index (χ1v) is 11.1. The number of guanidine groups is 1. The lowest BCUT2D eigenvalue weighted by Gasteiger charge is -2.16. The molecule has 1 aromatic carbocycles. The van der Waals surface area contributed by atoms with Gasteiger partial charge in [-0.1, -0.05) is 18.2 Å². The maximum atomic E-state index is 11.7. The van der Waals surface area contributed by atoms with E-state index in [-0.39, 0.29) is 47.2 Å². The molecule has 8 nitrogen and oxygen atoms in total. The van der Waals surface area contributed by atoms with Gasteiger partial charge < -0.3 is 10.6 Å². The standard InChI is InChI=1S/C17H20N4O4S2.HI/c22-21(23)15-5-3-13(4-6-15)10-18-17(19-11-16-2-1-8-26-16)20-14-7-9-27(24,25)12-14;/h1-6,8,14H,7,9-12H2,(H2,18,19,20);1H. The topological polar surface area (TPSA) is 114 Å². The lowest BCUT2D eigenvalue weighted by molar-refractivity contribution is -0.384. The largest absolute Gasteiger partial charge is 0.353 e. The summed E-state index contributed by atoms with van der Waals surface area (Å²) in [7, 11) is -2.99. The molecule has 1 aliphatic heterocycles. The molecule has 3 rings (SSSR count). The van der Waals surface area contributed by atoms with Gasteiger partial charge in [0.1, 0.15) is 0 Å². The molecular formula is C17H21IN4O4S2. The molecule has 0 amide bonds. The molecule has 0 saturated carbocycles. The summed E-state index contributed by atoms with van der Waals surface area (Å²) in [5.41, 5.74) is 0.866. The fraction of sp³-hybridized carbons (Fsp3) is 0.353. The number of hydrogen-bond donors (Lipinski definition) is 2. The van der Waals surface area contributed by atoms with Crippen molar-refractivity contribution >= 4 is 56.8 Å². The smallest absolute Gasteiger partial charge is 0.269 e. The summed E-state index contributed by atoms with van der Waals surface area (Å²) < 4.78 is 23.4. The van der Waals surface area contributed by atoms with Crippen molar-refractivity contribution in [3.05, 3.63) is 62.3 Å². The molecule has 0 aliphatic carbocycles. The van der Waals surface area contributed by atoms with Crippen molar-refractivity contribution in [2.75, 3.05) is 11.5 Å². The normalized spacial score (nSPS) is 18.3. The number of sulfone groups is 1. The van der Waals surface area contributed by atoms with E-state index in [4.69, 9.17) is 0 Å². The van der Waals surface area contributed by atoms with Crippen LogP contribution in [0.4, 0.5) is 5.69 Å². The summed E-state index contributed by atoms with van der Waals surface area (Å²) in [5.74, 6) is 0.819. The van der Waals surface area contributed by atoms with Gasteiger partial charge in [0.2, 0.25) is 0 Å². The van der Waals surface area contributed by atoms with Gasteiger partial charge in [0.05, 0.1) is 29.5 Å². The zero-order chi connectivity index (χ0) is 19.3. The van der Waals surface area contributed by atoms with Crippen LogP contribution in [-0.2, 0) is 22.9 Å². The van der Waals surface area contributed by atoms with Crippen LogP contribution in [0.5, 0.6) is 0 Å². The molecule has 1 saturated heterocycles. The van der Waals surface area contributed by atoms with Gasteiger partial charge in [-0.05, 0) is 23.4 Å². The van der Waals surface area contributed by atoms with Crippen LogP contribution in [0.25, 0.3) is 0 Å². The van der Waals surface area contributed by atoms with E-state index in [0.717, 1.165) is 10.4 Å². The van der Waals surface area contributed by atoms with E-state index in [2.05, 4.69) is 15.6 Å². The van der Waals surface area contributed by atoms with Crippen LogP contribution in [0.1, 0.15) is 16.9 Å². The lowest BCUT2D eigenvalue weighted by Crippen LogP contribution is -2.43. The molecule has 11 heteroatoms. The fourth-order valence-corrected chi connectivity index (χ4v) is 5.05. The third-order valence-corrected chi connectivity index (χ3v) is 6.79. The fourth-order valence-electron chi connectivity index (χ4n) is 2.73. The van der Waals surface area contributed by atoms with Crippen LogP contribution < -0.4 is 10.6 Å². The Hall–Kier alpha value is -1.73. The van der Waals surface area contributed by atoms with E-state index in [0.29, 0.717) is 25.5 Å². The molecule has 28 heavy (non-hydrogen) atoms. The number of rotatable bonds is 6. The Kier molecular flexibility index (Phi) is 8.19. The second kappa shape index (κ2) is 10.2. The Morgan fingerprint density at radius 1 is 1.29 bits per heavy atom. The van der Waals surface area contributed by atoms with E-state index < -0.39 is 14.8 Å². The number of aliphatic imine (C=N–C) groups is 1. The molecule has 152 valence electrons. The van der Waals surface area contributed by atoms with Crippen LogP contribution in [0.3, 0.4) is 0 Å². The van der Waals surface area contributed by atoms with Crippen molar-refractivity contribution in [2.24, 2.45) is 4.99 Å². The molecule has 0 bridgehead atoms. The number of nitrogens with one attached hydrogen (secondary N) is 2. The predicted molar refractivity (Wildman–Crippen MR) is 121 cm³/mol. The second-order valence-corrected chi connectivity index (χ2v) is 9.53. The first kappa shape index (κ1) is 22.6. The van der Waals surface area contributed by atoms with Crippen LogP contribution in [0, 0.1) is 10.1 Å². The Morgan fingerprint density at radius 2 is 2.04 bits per heavy atom. The minimum atomic E-state index is -2.99. The zero-order valence-electron chi connectivity index (χ0n) is 14.9. The maximum absolute atomic E-state index is 11.7. The molecule has 1 fully saturated rings. The monoisotopic (exact) mass is 536 g/mol. The van der Waals surface area contributed by atoms with Crippen molar-refractivity contribution < 1.29 is 13.3 Å². The van der Waals surface area contributed by atoms with Crippen LogP contribution >= 0.6 is 35.3 Å². The van der Waals surface area contributed by atoms with Gasteiger partial charge in [-0.2, -0.15) is 0 Å². The average molecular weight is 536 g/mol. The summed E-state index contributed by atoms with van der Waals surface area (Å²) >= 11 is 1.62. The highest BCUT2D eigenvalue weighted by Gasteiger charge is 2.28. The zero-order valence-corrected chi connectivity index (χ0v) is 18.9. The number of nitro benzene ring substituents is 1. The van der Waals surface area contributed by atoms with E-state index in [9.17, 15) is 18.5 Å². The van der Waals surface area contributed by atoms with Gasteiger partial charge in [-0.3, -0.25) is 10.1 Å². The van der Waals surface area contributed by atoms with E-state index in [1.165, 1.54) is 12.1 Å². The number of benzene rings is 1. The van der Waals surface area contributed by atoms with Gasteiger partial charge in [-0.25, -0.2) is 13.4 Å². The Bertz CT molecular complexity index is 915. The van der Waals surface area contributed by atoms with Gasteiger partial charge in [-0.15, -0.1) is 35.3 Å². The van der Waals surface area contributed by atoms with Gasteiger partial charge in [0, 0.05) is 23.1 Å². The Labute approximate surface area is 184 Å². The third kappa shape index (κ3) is 6.71. The molecule has 1 atom stereocenters. The van der Waals surface area contributed by atoms with Crippen LogP contribution in [0.15, 0.2) is 46.8 Å². The number of nitro groups is 1. The molecule has 2 aromatic rings. The molecule has 0 spiro atoms. The summed E-state index contributed by atoms with van der Waals surface area (Å²) in [6.45, 7) is 0.917. The van der Waals surface area contributed by atoms with Gasteiger partial charge in [0.15, 0.2) is 15.8 Å². The van der Waals surface area contributed by atoms with E-state index >= 15 is 0 Å². The maximum Gasteiger partial charge on any atom is 0.269 e. The summed E-state index contributed by atoms with van der Waals surface area (Å²) in [4.78, 5) is 15.9. The first-order chi connectivity index (χ1) is 12.9. The highest BCUT2D eigenvalue weighted by atomic mass is 127. The van der Waals surface area contributed by atoms with E-state index in [1.807, 2.05) is 17.5 Å². The molecule has 2 heterocycles. The average Bonchev–Trinajstić information content (AvgIpc) is 3.27. The minimum Gasteiger partial charge on any atom is -0.353 e. The van der Waals surface area contributed by atoms with Gasteiger partial charge >= 0.3 is 0 Å². The lowest BCUT2D eigenvalue weighted by atomic mass is 10.2. The highest BCUT2D eigenvalue weighted by molar-refractivity contribution is 14.0. The number of halogens is 1. The highest BCUT2D eigenvalue weighted by Crippen LogP contribution is 2.14. The van der Waals surface area contributed by atoms with Crippen molar-refractivity contribution in [2.45, 2.75) is 25.6 Å². The van der Waals surface area contributed by atoms with Crippen molar-refractivity contribution in [3.63, 3.8) is 0 Å². The number of hydrogen-bond acceptors (Lipinski definition) is 6. The number of nitrogens with zero attached hydrogens (tertiary/aromatic N) is 2. The van der Waals surface area contributed by atoms with Crippen molar-refractivity contribution in [3.8, 4) is 0 Å². The molecule has 1 aliphatic rings. The van der Waals surface area contributed by atoms with Crippen molar-refractivity contribution in [1.82, 2.24) is 10.6 Å². The molecular weight excluding hydrogens is 515 g/mol. The third-order valence-electron chi connectivity index (χ3n) is 4.15. The summed E-state index contributed by atoms with van der Waals surface area (Å²) in [5, 5.41) is 19.1. The Balaban J connectivity index is 0.00000280. The van der Waals surface area contributed by atoms with E-state index in [1.54, 1.807) is 23.5 Å². The predicted octanol–water partition coefficient (Wildman–Crippen LogP) is 2.70. The molecule has 2 N–H and O–H groups in total. The first-order valence-electron chi connectivity index (χ1n) is 8.42. The van der Waals surface area contributed by atoms with Gasteiger partial charge in [0.25, 0.3) is 5.69 Å². The summed E-state index contributed by atoms with van der Waals surface area (Å²) in [6, 6.07) is 10.0. The molecule has 1 aromatic heterocycles. The van der Waals surface area contributed by atoms with Crippen LogP contribution in [0.2, 0.25) is 0 Å². The molecule has 1 unspecified atom stereocenters.